The Kier molecular flexibility index (Phi) is 5.11. The molecule has 1 saturated carbocycles. The molecular weight excluding hydrogens is 326 g/mol. The highest BCUT2D eigenvalue weighted by atomic mass is 32.2. The SMILES string of the molecule is Cc1ccc(S(=O)(=O)NC2CCC(Oc3cnccn3)CC2)cc1. The van der Waals surface area contributed by atoms with Gasteiger partial charge in [0, 0.05) is 18.4 Å². The minimum Gasteiger partial charge on any atom is -0.473 e. The van der Waals surface area contributed by atoms with Crippen molar-refractivity contribution in [2.75, 3.05) is 0 Å². The quantitative estimate of drug-likeness (QED) is 0.898. The van der Waals surface area contributed by atoms with Crippen LogP contribution in [0.3, 0.4) is 0 Å². The Morgan fingerprint density at radius 2 is 1.79 bits per heavy atom. The van der Waals surface area contributed by atoms with Crippen LogP contribution in [0.5, 0.6) is 5.88 Å². The maximum absolute atomic E-state index is 12.4. The molecule has 2 aromatic rings. The van der Waals surface area contributed by atoms with Gasteiger partial charge in [0.2, 0.25) is 15.9 Å². The number of aromatic nitrogens is 2. The van der Waals surface area contributed by atoms with Gasteiger partial charge in [0.05, 0.1) is 11.1 Å². The van der Waals surface area contributed by atoms with E-state index in [0.717, 1.165) is 31.2 Å². The third-order valence-corrected chi connectivity index (χ3v) is 5.69. The van der Waals surface area contributed by atoms with Crippen LogP contribution in [0.2, 0.25) is 0 Å². The second-order valence-corrected chi connectivity index (χ2v) is 7.78. The van der Waals surface area contributed by atoms with Crippen molar-refractivity contribution >= 4 is 10.0 Å². The lowest BCUT2D eigenvalue weighted by Crippen LogP contribution is -2.39. The number of nitrogens with zero attached hydrogens (tertiary/aromatic N) is 2. The monoisotopic (exact) mass is 347 g/mol. The minimum absolute atomic E-state index is 0.0572. The first-order chi connectivity index (χ1) is 11.5. The molecule has 1 N–H and O–H groups in total. The molecule has 0 saturated heterocycles. The highest BCUT2D eigenvalue weighted by Gasteiger charge is 2.26. The van der Waals surface area contributed by atoms with Gasteiger partial charge < -0.3 is 4.74 Å². The number of benzene rings is 1. The van der Waals surface area contributed by atoms with Gasteiger partial charge in [0.1, 0.15) is 6.10 Å². The van der Waals surface area contributed by atoms with Crippen molar-refractivity contribution in [2.45, 2.75) is 49.6 Å². The predicted molar refractivity (Wildman–Crippen MR) is 90.2 cm³/mol. The molecule has 0 bridgehead atoms. The van der Waals surface area contributed by atoms with Crippen LogP contribution in [0.1, 0.15) is 31.2 Å². The first-order valence-corrected chi connectivity index (χ1v) is 9.53. The average Bonchev–Trinajstić information content (AvgIpc) is 2.58. The third kappa shape index (κ3) is 4.30. The molecule has 1 heterocycles. The van der Waals surface area contributed by atoms with E-state index in [2.05, 4.69) is 14.7 Å². The highest BCUT2D eigenvalue weighted by Crippen LogP contribution is 2.24. The largest absolute Gasteiger partial charge is 0.473 e. The molecule has 1 aliphatic carbocycles. The lowest BCUT2D eigenvalue weighted by atomic mass is 9.94. The molecule has 128 valence electrons. The summed E-state index contributed by atoms with van der Waals surface area (Å²) in [5, 5.41) is 0. The summed E-state index contributed by atoms with van der Waals surface area (Å²) in [4.78, 5) is 8.39. The number of ether oxygens (including phenoxy) is 1. The fourth-order valence-electron chi connectivity index (χ4n) is 2.82. The molecule has 0 atom stereocenters. The summed E-state index contributed by atoms with van der Waals surface area (Å²) >= 11 is 0. The van der Waals surface area contributed by atoms with Crippen LogP contribution in [0.25, 0.3) is 0 Å². The van der Waals surface area contributed by atoms with Crippen molar-refractivity contribution in [2.24, 2.45) is 0 Å². The summed E-state index contributed by atoms with van der Waals surface area (Å²) in [6, 6.07) is 6.83. The normalized spacial score (nSPS) is 21.4. The minimum atomic E-state index is -3.47. The number of hydrogen-bond donors (Lipinski definition) is 1. The standard InChI is InChI=1S/C17H21N3O3S/c1-13-2-8-16(9-3-13)24(21,22)20-14-4-6-15(7-5-14)23-17-12-18-10-11-19-17/h2-3,8-12,14-15,20H,4-7H2,1H3. The van der Waals surface area contributed by atoms with Crippen LogP contribution in [0, 0.1) is 6.92 Å². The van der Waals surface area contributed by atoms with E-state index in [1.807, 2.05) is 6.92 Å². The molecule has 1 aliphatic rings. The van der Waals surface area contributed by atoms with E-state index in [9.17, 15) is 8.42 Å². The molecule has 1 aromatic heterocycles. The lowest BCUT2D eigenvalue weighted by molar-refractivity contribution is 0.138. The van der Waals surface area contributed by atoms with Crippen LogP contribution >= 0.6 is 0 Å². The van der Waals surface area contributed by atoms with E-state index in [1.54, 1.807) is 42.9 Å². The first-order valence-electron chi connectivity index (χ1n) is 8.04. The van der Waals surface area contributed by atoms with Gasteiger partial charge in [0.15, 0.2) is 0 Å². The molecule has 6 nitrogen and oxygen atoms in total. The van der Waals surface area contributed by atoms with Gasteiger partial charge in [0.25, 0.3) is 0 Å². The predicted octanol–water partition coefficient (Wildman–Crippen LogP) is 2.45. The van der Waals surface area contributed by atoms with Crippen molar-refractivity contribution in [3.05, 3.63) is 48.4 Å². The van der Waals surface area contributed by atoms with Crippen molar-refractivity contribution in [1.82, 2.24) is 14.7 Å². The molecule has 0 radical (unpaired) electrons. The molecule has 3 rings (SSSR count). The maximum Gasteiger partial charge on any atom is 0.240 e. The summed E-state index contributed by atoms with van der Waals surface area (Å²) in [6.07, 6.45) is 7.91. The molecule has 0 spiro atoms. The van der Waals surface area contributed by atoms with Gasteiger partial charge in [-0.05, 0) is 44.7 Å². The number of rotatable bonds is 5. The lowest BCUT2D eigenvalue weighted by Gasteiger charge is -2.28. The summed E-state index contributed by atoms with van der Waals surface area (Å²) in [6.45, 7) is 1.93. The van der Waals surface area contributed by atoms with E-state index in [1.165, 1.54) is 0 Å². The molecule has 0 amide bonds. The van der Waals surface area contributed by atoms with Crippen LogP contribution in [0.4, 0.5) is 0 Å². The summed E-state index contributed by atoms with van der Waals surface area (Å²) in [5.74, 6) is 0.515. The van der Waals surface area contributed by atoms with Crippen LogP contribution in [-0.4, -0.2) is 30.5 Å². The smallest absolute Gasteiger partial charge is 0.240 e. The van der Waals surface area contributed by atoms with E-state index in [4.69, 9.17) is 4.74 Å². The summed E-state index contributed by atoms with van der Waals surface area (Å²) in [5.41, 5.74) is 1.04. The highest BCUT2D eigenvalue weighted by molar-refractivity contribution is 7.89. The van der Waals surface area contributed by atoms with Gasteiger partial charge in [-0.1, -0.05) is 17.7 Å². The second-order valence-electron chi connectivity index (χ2n) is 6.07. The Hall–Kier alpha value is -1.99. The van der Waals surface area contributed by atoms with Crippen molar-refractivity contribution in [1.29, 1.82) is 0 Å². The van der Waals surface area contributed by atoms with E-state index in [-0.39, 0.29) is 12.1 Å². The molecule has 0 unspecified atom stereocenters. The van der Waals surface area contributed by atoms with Crippen molar-refractivity contribution in [3.8, 4) is 5.88 Å². The van der Waals surface area contributed by atoms with Crippen molar-refractivity contribution < 1.29 is 13.2 Å². The van der Waals surface area contributed by atoms with E-state index >= 15 is 0 Å². The Labute approximate surface area is 142 Å². The Bertz CT molecular complexity index is 755. The van der Waals surface area contributed by atoms with Gasteiger partial charge in [-0.2, -0.15) is 0 Å². The topological polar surface area (TPSA) is 81.2 Å². The molecule has 1 fully saturated rings. The second kappa shape index (κ2) is 7.27. The average molecular weight is 347 g/mol. The molecule has 24 heavy (non-hydrogen) atoms. The fraction of sp³-hybridized carbons (Fsp3) is 0.412. The molecular formula is C17H21N3O3S. The van der Waals surface area contributed by atoms with Crippen LogP contribution < -0.4 is 9.46 Å². The number of nitrogens with one attached hydrogen (secondary N) is 1. The Balaban J connectivity index is 1.54. The number of sulfonamides is 1. The molecule has 0 aliphatic heterocycles. The zero-order valence-corrected chi connectivity index (χ0v) is 14.4. The zero-order valence-electron chi connectivity index (χ0n) is 13.6. The first kappa shape index (κ1) is 16.9. The summed E-state index contributed by atoms with van der Waals surface area (Å²) in [7, 11) is -3.47. The maximum atomic E-state index is 12.4. The molecule has 7 heteroatoms. The zero-order chi connectivity index (χ0) is 17.0. The Morgan fingerprint density at radius 3 is 2.42 bits per heavy atom. The van der Waals surface area contributed by atoms with E-state index in [0.29, 0.717) is 10.8 Å². The number of hydrogen-bond acceptors (Lipinski definition) is 5. The van der Waals surface area contributed by atoms with Crippen molar-refractivity contribution in [3.63, 3.8) is 0 Å². The third-order valence-electron chi connectivity index (χ3n) is 4.15. The summed E-state index contributed by atoms with van der Waals surface area (Å²) < 4.78 is 33.4. The van der Waals surface area contributed by atoms with Crippen LogP contribution in [0.15, 0.2) is 47.8 Å². The number of aryl methyl sites for hydroxylation is 1. The van der Waals surface area contributed by atoms with Gasteiger partial charge in [-0.3, -0.25) is 4.98 Å². The van der Waals surface area contributed by atoms with Gasteiger partial charge in [-0.15, -0.1) is 0 Å². The fourth-order valence-corrected chi connectivity index (χ4v) is 4.13. The van der Waals surface area contributed by atoms with Gasteiger partial charge >= 0.3 is 0 Å². The molecule has 1 aromatic carbocycles. The Morgan fingerprint density at radius 1 is 1.08 bits per heavy atom. The van der Waals surface area contributed by atoms with Gasteiger partial charge in [-0.25, -0.2) is 18.1 Å². The van der Waals surface area contributed by atoms with E-state index < -0.39 is 10.0 Å². The van der Waals surface area contributed by atoms with Crippen LogP contribution in [-0.2, 0) is 10.0 Å².